The van der Waals surface area contributed by atoms with Crippen LogP contribution in [0.2, 0.25) is 0 Å². The molecular formula is C17H25NO3. The van der Waals surface area contributed by atoms with Crippen molar-refractivity contribution in [2.24, 2.45) is 0 Å². The molecule has 1 saturated heterocycles. The number of rotatable bonds is 6. The summed E-state index contributed by atoms with van der Waals surface area (Å²) in [6, 6.07) is 5.94. The minimum Gasteiger partial charge on any atom is -0.497 e. The van der Waals surface area contributed by atoms with Crippen LogP contribution in [0.4, 0.5) is 0 Å². The first-order valence-electron chi connectivity index (χ1n) is 7.64. The van der Waals surface area contributed by atoms with E-state index < -0.39 is 0 Å². The van der Waals surface area contributed by atoms with Crippen molar-refractivity contribution in [3.63, 3.8) is 0 Å². The van der Waals surface area contributed by atoms with Gasteiger partial charge in [-0.3, -0.25) is 4.79 Å². The van der Waals surface area contributed by atoms with Gasteiger partial charge in [0.05, 0.1) is 19.3 Å². The van der Waals surface area contributed by atoms with Gasteiger partial charge in [-0.05, 0) is 51.9 Å². The predicted molar refractivity (Wildman–Crippen MR) is 83.4 cm³/mol. The lowest BCUT2D eigenvalue weighted by Crippen LogP contribution is -2.37. The van der Waals surface area contributed by atoms with Gasteiger partial charge in [-0.2, -0.15) is 0 Å². The molecule has 1 fully saturated rings. The van der Waals surface area contributed by atoms with Gasteiger partial charge in [0.1, 0.15) is 11.5 Å². The van der Waals surface area contributed by atoms with E-state index in [0.717, 1.165) is 6.42 Å². The van der Waals surface area contributed by atoms with Crippen LogP contribution >= 0.6 is 0 Å². The molecule has 1 aliphatic heterocycles. The van der Waals surface area contributed by atoms with Gasteiger partial charge in [0.2, 0.25) is 0 Å². The van der Waals surface area contributed by atoms with Crippen LogP contribution in [0.25, 0.3) is 0 Å². The molecule has 0 amide bonds. The number of hydrogen-bond acceptors (Lipinski definition) is 4. The zero-order valence-corrected chi connectivity index (χ0v) is 13.2. The van der Waals surface area contributed by atoms with Crippen molar-refractivity contribution in [2.75, 3.05) is 27.3 Å². The molecule has 0 spiro atoms. The Hall–Kier alpha value is -1.55. The number of likely N-dealkylation sites (tertiary alicyclic amines) is 1. The second-order valence-corrected chi connectivity index (χ2v) is 5.69. The Morgan fingerprint density at radius 2 is 2.19 bits per heavy atom. The van der Waals surface area contributed by atoms with Crippen molar-refractivity contribution in [1.29, 1.82) is 0 Å². The normalized spacial score (nSPS) is 19.3. The van der Waals surface area contributed by atoms with Gasteiger partial charge in [0, 0.05) is 12.1 Å². The molecule has 0 radical (unpaired) electrons. The Balaban J connectivity index is 1.96. The van der Waals surface area contributed by atoms with Crippen LogP contribution in [0.3, 0.4) is 0 Å². The van der Waals surface area contributed by atoms with E-state index in [-0.39, 0.29) is 5.78 Å². The summed E-state index contributed by atoms with van der Waals surface area (Å²) in [5.74, 6) is 1.35. The first kappa shape index (κ1) is 15.8. The van der Waals surface area contributed by atoms with Crippen LogP contribution in [-0.2, 0) is 0 Å². The van der Waals surface area contributed by atoms with Crippen molar-refractivity contribution in [2.45, 2.75) is 38.6 Å². The standard InChI is InChI=1S/C17H25NO3/c1-13(19)16-8-7-15(20-3)12-17(16)21-11-9-14-6-4-5-10-18(14)2/h7-8,12,14H,4-6,9-11H2,1-3H3. The van der Waals surface area contributed by atoms with E-state index in [1.54, 1.807) is 32.2 Å². The summed E-state index contributed by atoms with van der Waals surface area (Å²) >= 11 is 0. The first-order valence-corrected chi connectivity index (χ1v) is 7.64. The first-order chi connectivity index (χ1) is 10.1. The molecule has 4 nitrogen and oxygen atoms in total. The Kier molecular flexibility index (Phi) is 5.62. The zero-order chi connectivity index (χ0) is 15.2. The summed E-state index contributed by atoms with van der Waals surface area (Å²) in [4.78, 5) is 14.1. The van der Waals surface area contributed by atoms with Gasteiger partial charge in [0.25, 0.3) is 0 Å². The van der Waals surface area contributed by atoms with E-state index in [2.05, 4.69) is 11.9 Å². The number of hydrogen-bond donors (Lipinski definition) is 0. The third kappa shape index (κ3) is 4.21. The average Bonchev–Trinajstić information content (AvgIpc) is 2.48. The monoisotopic (exact) mass is 291 g/mol. The zero-order valence-electron chi connectivity index (χ0n) is 13.2. The third-order valence-corrected chi connectivity index (χ3v) is 4.20. The molecule has 0 aliphatic carbocycles. The summed E-state index contributed by atoms with van der Waals surface area (Å²) in [5, 5.41) is 0. The molecule has 1 atom stereocenters. The van der Waals surface area contributed by atoms with Crippen LogP contribution in [0.1, 0.15) is 43.0 Å². The highest BCUT2D eigenvalue weighted by Gasteiger charge is 2.19. The number of Topliss-reactive ketones (excluding diaryl/α,β-unsaturated/α-hetero) is 1. The number of benzene rings is 1. The topological polar surface area (TPSA) is 38.8 Å². The number of nitrogens with zero attached hydrogens (tertiary/aromatic N) is 1. The molecule has 1 aromatic rings. The maximum Gasteiger partial charge on any atom is 0.163 e. The Labute approximate surface area is 127 Å². The molecule has 4 heteroatoms. The van der Waals surface area contributed by atoms with E-state index in [4.69, 9.17) is 9.47 Å². The summed E-state index contributed by atoms with van der Waals surface area (Å²) in [6.45, 7) is 3.36. The third-order valence-electron chi connectivity index (χ3n) is 4.20. The van der Waals surface area contributed by atoms with E-state index >= 15 is 0 Å². The molecule has 0 bridgehead atoms. The second-order valence-electron chi connectivity index (χ2n) is 5.69. The van der Waals surface area contributed by atoms with Crippen LogP contribution < -0.4 is 9.47 Å². The van der Waals surface area contributed by atoms with Gasteiger partial charge in [-0.15, -0.1) is 0 Å². The maximum absolute atomic E-state index is 11.7. The van der Waals surface area contributed by atoms with Gasteiger partial charge in [0.15, 0.2) is 5.78 Å². The molecule has 2 rings (SSSR count). The SMILES string of the molecule is COc1ccc(C(C)=O)c(OCCC2CCCCN2C)c1. The summed E-state index contributed by atoms with van der Waals surface area (Å²) in [6.07, 6.45) is 4.81. The molecule has 0 aromatic heterocycles. The predicted octanol–water partition coefficient (Wildman–Crippen LogP) is 3.15. The number of carbonyl (C=O) groups is 1. The van der Waals surface area contributed by atoms with E-state index in [1.807, 2.05) is 0 Å². The molecule has 116 valence electrons. The van der Waals surface area contributed by atoms with Crippen molar-refractivity contribution < 1.29 is 14.3 Å². The van der Waals surface area contributed by atoms with Crippen LogP contribution in [0.15, 0.2) is 18.2 Å². The molecule has 21 heavy (non-hydrogen) atoms. The van der Waals surface area contributed by atoms with Crippen LogP contribution in [0.5, 0.6) is 11.5 Å². The van der Waals surface area contributed by atoms with E-state index in [0.29, 0.717) is 29.7 Å². The van der Waals surface area contributed by atoms with Crippen molar-refractivity contribution in [1.82, 2.24) is 4.90 Å². The Morgan fingerprint density at radius 1 is 1.38 bits per heavy atom. The van der Waals surface area contributed by atoms with Crippen molar-refractivity contribution >= 4 is 5.78 Å². The summed E-state index contributed by atoms with van der Waals surface area (Å²) in [5.41, 5.74) is 0.618. The number of methoxy groups -OCH3 is 1. The minimum atomic E-state index is 0.0161. The largest absolute Gasteiger partial charge is 0.497 e. The maximum atomic E-state index is 11.7. The second kappa shape index (κ2) is 7.46. The number of carbonyl (C=O) groups excluding carboxylic acids is 1. The number of piperidine rings is 1. The van der Waals surface area contributed by atoms with Crippen LogP contribution in [-0.4, -0.2) is 44.0 Å². The fraction of sp³-hybridized carbons (Fsp3) is 0.588. The lowest BCUT2D eigenvalue weighted by molar-refractivity contribution is 0.101. The smallest absolute Gasteiger partial charge is 0.163 e. The van der Waals surface area contributed by atoms with Gasteiger partial charge < -0.3 is 14.4 Å². The molecular weight excluding hydrogens is 266 g/mol. The van der Waals surface area contributed by atoms with Gasteiger partial charge in [-0.25, -0.2) is 0 Å². The molecule has 1 aromatic carbocycles. The number of ether oxygens (including phenoxy) is 2. The van der Waals surface area contributed by atoms with E-state index in [9.17, 15) is 4.79 Å². The fourth-order valence-corrected chi connectivity index (χ4v) is 2.85. The summed E-state index contributed by atoms with van der Waals surface area (Å²) < 4.78 is 11.1. The quantitative estimate of drug-likeness (QED) is 0.755. The molecule has 0 saturated carbocycles. The molecule has 1 heterocycles. The highest BCUT2D eigenvalue weighted by molar-refractivity contribution is 5.97. The Morgan fingerprint density at radius 3 is 2.86 bits per heavy atom. The Bertz CT molecular complexity index is 487. The lowest BCUT2D eigenvalue weighted by atomic mass is 10.0. The highest BCUT2D eigenvalue weighted by Crippen LogP contribution is 2.26. The highest BCUT2D eigenvalue weighted by atomic mass is 16.5. The van der Waals surface area contributed by atoms with Crippen LogP contribution in [0, 0.1) is 0 Å². The minimum absolute atomic E-state index is 0.0161. The summed E-state index contributed by atoms with van der Waals surface area (Å²) in [7, 11) is 3.79. The number of ketones is 1. The molecule has 0 N–H and O–H groups in total. The molecule has 1 unspecified atom stereocenters. The van der Waals surface area contributed by atoms with Crippen molar-refractivity contribution in [3.05, 3.63) is 23.8 Å². The molecule has 1 aliphatic rings. The average molecular weight is 291 g/mol. The van der Waals surface area contributed by atoms with Gasteiger partial charge >= 0.3 is 0 Å². The van der Waals surface area contributed by atoms with Gasteiger partial charge in [-0.1, -0.05) is 6.42 Å². The lowest BCUT2D eigenvalue weighted by Gasteiger charge is -2.32. The van der Waals surface area contributed by atoms with Crippen molar-refractivity contribution in [3.8, 4) is 11.5 Å². The fourth-order valence-electron chi connectivity index (χ4n) is 2.85. The van der Waals surface area contributed by atoms with E-state index in [1.165, 1.54) is 25.8 Å².